The van der Waals surface area contributed by atoms with E-state index >= 15 is 0 Å². The molecule has 5 nitrogen and oxygen atoms in total. The Bertz CT molecular complexity index is 797. The lowest BCUT2D eigenvalue weighted by Gasteiger charge is -2.34. The van der Waals surface area contributed by atoms with Crippen molar-refractivity contribution >= 4 is 29.8 Å². The molecule has 1 heterocycles. The Labute approximate surface area is 171 Å². The van der Waals surface area contributed by atoms with Crippen LogP contribution in [0.3, 0.4) is 0 Å². The predicted octanol–water partition coefficient (Wildman–Crippen LogP) is 3.27. The highest BCUT2D eigenvalue weighted by Crippen LogP contribution is 2.12. The van der Waals surface area contributed by atoms with E-state index in [0.717, 1.165) is 43.3 Å². The van der Waals surface area contributed by atoms with Gasteiger partial charge in [0.1, 0.15) is 0 Å². The van der Waals surface area contributed by atoms with E-state index < -0.39 is 0 Å². The average Bonchev–Trinajstić information content (AvgIpc) is 2.72. The molecular weight excluding hydrogens is 372 g/mol. The van der Waals surface area contributed by atoms with Crippen molar-refractivity contribution < 1.29 is 4.79 Å². The molecule has 146 valence electrons. The highest BCUT2D eigenvalue weighted by molar-refractivity contribution is 6.30. The van der Waals surface area contributed by atoms with Gasteiger partial charge < -0.3 is 0 Å². The van der Waals surface area contributed by atoms with E-state index in [4.69, 9.17) is 11.6 Å². The van der Waals surface area contributed by atoms with Crippen molar-refractivity contribution in [1.82, 2.24) is 15.2 Å². The molecule has 0 spiro atoms. The first-order chi connectivity index (χ1) is 13.7. The lowest BCUT2D eigenvalue weighted by atomic mass is 10.2. The van der Waals surface area contributed by atoms with E-state index in [1.165, 1.54) is 5.56 Å². The zero-order valence-electron chi connectivity index (χ0n) is 15.8. The number of allylic oxidation sites excluding steroid dienone is 1. The van der Waals surface area contributed by atoms with E-state index in [2.05, 4.69) is 32.5 Å². The number of hydrogen-bond donors (Lipinski definition) is 1. The predicted molar refractivity (Wildman–Crippen MR) is 115 cm³/mol. The second kappa shape index (κ2) is 10.8. The number of rotatable bonds is 7. The molecule has 0 aliphatic carbocycles. The van der Waals surface area contributed by atoms with E-state index in [9.17, 15) is 4.79 Å². The number of hydrazone groups is 1. The Morgan fingerprint density at radius 2 is 1.68 bits per heavy atom. The number of hydrogen-bond acceptors (Lipinski definition) is 4. The van der Waals surface area contributed by atoms with Crippen LogP contribution >= 0.6 is 11.6 Å². The number of carbonyl (C=O) groups excluding carboxylic acids is 1. The fourth-order valence-electron chi connectivity index (χ4n) is 3.06. The van der Waals surface area contributed by atoms with Gasteiger partial charge in [0.25, 0.3) is 5.91 Å². The van der Waals surface area contributed by atoms with Gasteiger partial charge in [-0.15, -0.1) is 0 Å². The van der Waals surface area contributed by atoms with Gasteiger partial charge in [-0.25, -0.2) is 5.43 Å². The number of amides is 1. The molecule has 2 aromatic rings. The van der Waals surface area contributed by atoms with Crippen molar-refractivity contribution in [2.24, 2.45) is 5.10 Å². The van der Waals surface area contributed by atoms with Crippen molar-refractivity contribution in [1.29, 1.82) is 0 Å². The molecule has 3 rings (SSSR count). The van der Waals surface area contributed by atoms with Gasteiger partial charge in [0.05, 0.1) is 6.54 Å². The van der Waals surface area contributed by atoms with E-state index in [1.807, 2.05) is 54.6 Å². The molecule has 0 bridgehead atoms. The van der Waals surface area contributed by atoms with Crippen LogP contribution in [-0.2, 0) is 11.3 Å². The minimum Gasteiger partial charge on any atom is -0.297 e. The van der Waals surface area contributed by atoms with E-state index in [1.54, 1.807) is 6.21 Å². The van der Waals surface area contributed by atoms with Crippen LogP contribution in [0.25, 0.3) is 6.08 Å². The highest BCUT2D eigenvalue weighted by Gasteiger charge is 2.18. The van der Waals surface area contributed by atoms with Crippen LogP contribution in [0.5, 0.6) is 0 Å². The van der Waals surface area contributed by atoms with Gasteiger partial charge in [0.15, 0.2) is 0 Å². The fraction of sp³-hybridized carbons (Fsp3) is 0.273. The lowest BCUT2D eigenvalue weighted by molar-refractivity contribution is -0.122. The zero-order valence-corrected chi connectivity index (χ0v) is 16.6. The number of halogens is 1. The summed E-state index contributed by atoms with van der Waals surface area (Å²) in [4.78, 5) is 16.6. The first-order valence-electron chi connectivity index (χ1n) is 9.42. The molecule has 1 amide bonds. The lowest BCUT2D eigenvalue weighted by Crippen LogP contribution is -2.48. The van der Waals surface area contributed by atoms with Gasteiger partial charge in [0.2, 0.25) is 0 Å². The Morgan fingerprint density at radius 3 is 2.39 bits per heavy atom. The third kappa shape index (κ3) is 6.93. The molecule has 0 saturated carbocycles. The quantitative estimate of drug-likeness (QED) is 0.577. The summed E-state index contributed by atoms with van der Waals surface area (Å²) < 4.78 is 0. The Balaban J connectivity index is 1.33. The molecule has 0 radical (unpaired) electrons. The minimum absolute atomic E-state index is 0.0875. The van der Waals surface area contributed by atoms with Crippen LogP contribution in [-0.4, -0.2) is 54.6 Å². The Kier molecular flexibility index (Phi) is 7.79. The molecule has 28 heavy (non-hydrogen) atoms. The molecule has 0 unspecified atom stereocenters. The molecule has 1 N–H and O–H groups in total. The maximum atomic E-state index is 12.0. The summed E-state index contributed by atoms with van der Waals surface area (Å²) in [5.41, 5.74) is 4.94. The van der Waals surface area contributed by atoms with E-state index in [-0.39, 0.29) is 5.91 Å². The van der Waals surface area contributed by atoms with Gasteiger partial charge in [-0.3, -0.25) is 14.6 Å². The van der Waals surface area contributed by atoms with Crippen LogP contribution in [0.2, 0.25) is 5.02 Å². The monoisotopic (exact) mass is 396 g/mol. The van der Waals surface area contributed by atoms with Crippen molar-refractivity contribution in [2.45, 2.75) is 6.54 Å². The first-order valence-corrected chi connectivity index (χ1v) is 9.79. The van der Waals surface area contributed by atoms with Crippen LogP contribution in [0.15, 0.2) is 65.8 Å². The highest BCUT2D eigenvalue weighted by atomic mass is 35.5. The largest absolute Gasteiger partial charge is 0.297 e. The third-order valence-corrected chi connectivity index (χ3v) is 4.84. The first kappa shape index (κ1) is 20.3. The van der Waals surface area contributed by atoms with E-state index in [0.29, 0.717) is 6.54 Å². The number of benzene rings is 2. The summed E-state index contributed by atoms with van der Waals surface area (Å²) in [7, 11) is 0. The molecule has 1 aliphatic heterocycles. The standard InChI is InChI=1S/C22H25ClN4O/c23-21-10-8-20(9-11-21)17-26-13-15-27(16-14-26)18-22(28)25-24-12-4-7-19-5-2-1-3-6-19/h1-12H,13-18H2,(H,25,28)/b7-4-,24-12-. The van der Waals surface area contributed by atoms with Crippen molar-refractivity contribution in [3.8, 4) is 0 Å². The van der Waals surface area contributed by atoms with Crippen LogP contribution in [0, 0.1) is 0 Å². The molecular formula is C22H25ClN4O. The van der Waals surface area contributed by atoms with Crippen molar-refractivity contribution in [3.63, 3.8) is 0 Å². The second-order valence-electron chi connectivity index (χ2n) is 6.76. The fourth-order valence-corrected chi connectivity index (χ4v) is 3.19. The molecule has 0 aromatic heterocycles. The molecule has 2 aromatic carbocycles. The summed E-state index contributed by atoms with van der Waals surface area (Å²) in [6.07, 6.45) is 5.34. The van der Waals surface area contributed by atoms with Crippen molar-refractivity contribution in [2.75, 3.05) is 32.7 Å². The molecule has 1 saturated heterocycles. The Morgan fingerprint density at radius 1 is 1.00 bits per heavy atom. The molecule has 0 atom stereocenters. The van der Waals surface area contributed by atoms with Gasteiger partial charge in [0, 0.05) is 44.0 Å². The summed E-state index contributed by atoms with van der Waals surface area (Å²) in [6.45, 7) is 4.92. The summed E-state index contributed by atoms with van der Waals surface area (Å²) >= 11 is 5.93. The normalized spacial score (nSPS) is 16.0. The number of piperazine rings is 1. The maximum Gasteiger partial charge on any atom is 0.254 e. The minimum atomic E-state index is -0.0875. The zero-order chi connectivity index (χ0) is 19.6. The number of nitrogens with zero attached hydrogens (tertiary/aromatic N) is 3. The summed E-state index contributed by atoms with van der Waals surface area (Å²) in [5, 5.41) is 4.73. The summed E-state index contributed by atoms with van der Waals surface area (Å²) in [6, 6.07) is 17.9. The smallest absolute Gasteiger partial charge is 0.254 e. The van der Waals surface area contributed by atoms with Gasteiger partial charge >= 0.3 is 0 Å². The van der Waals surface area contributed by atoms with Gasteiger partial charge in [-0.1, -0.05) is 60.1 Å². The van der Waals surface area contributed by atoms with Crippen molar-refractivity contribution in [3.05, 3.63) is 76.8 Å². The SMILES string of the molecule is O=C(CN1CCN(Cc2ccc(Cl)cc2)CC1)N/N=C\C=C/c1ccccc1. The average molecular weight is 397 g/mol. The molecule has 1 aliphatic rings. The van der Waals surface area contributed by atoms with Gasteiger partial charge in [-0.05, 0) is 29.3 Å². The van der Waals surface area contributed by atoms with Gasteiger partial charge in [-0.2, -0.15) is 5.10 Å². The van der Waals surface area contributed by atoms with Crippen LogP contribution in [0.4, 0.5) is 0 Å². The Hall–Kier alpha value is -2.47. The number of nitrogens with one attached hydrogen (secondary N) is 1. The topological polar surface area (TPSA) is 47.9 Å². The molecule has 6 heteroatoms. The van der Waals surface area contributed by atoms with Crippen LogP contribution in [0.1, 0.15) is 11.1 Å². The molecule has 1 fully saturated rings. The van der Waals surface area contributed by atoms with Crippen LogP contribution < -0.4 is 5.43 Å². The number of carbonyl (C=O) groups is 1. The summed E-state index contributed by atoms with van der Waals surface area (Å²) in [5.74, 6) is -0.0875. The third-order valence-electron chi connectivity index (χ3n) is 4.59. The second-order valence-corrected chi connectivity index (χ2v) is 7.20. The maximum absolute atomic E-state index is 12.0.